The SMILES string of the molecule is C/C=C1/C[C@@H](C)[C@](O)(CO)C(=O)Oc2ccn3c2[C@@H](CC3)OC1=O. The molecule has 0 aliphatic carbocycles. The quantitative estimate of drug-likeness (QED) is 0.589. The number of aliphatic hydroxyl groups is 2. The Balaban J connectivity index is 2.07. The summed E-state index contributed by atoms with van der Waals surface area (Å²) < 4.78 is 12.8. The lowest BCUT2D eigenvalue weighted by Gasteiger charge is -2.29. The molecule has 0 amide bonds. The molecule has 24 heavy (non-hydrogen) atoms. The van der Waals surface area contributed by atoms with E-state index in [0.717, 1.165) is 0 Å². The number of hydrogen-bond acceptors (Lipinski definition) is 6. The molecule has 130 valence electrons. The normalized spacial score (nSPS) is 32.1. The van der Waals surface area contributed by atoms with Crippen LogP contribution < -0.4 is 4.74 Å². The minimum Gasteiger partial charge on any atom is -0.452 e. The van der Waals surface area contributed by atoms with E-state index in [9.17, 15) is 19.8 Å². The van der Waals surface area contributed by atoms with Crippen LogP contribution in [0.4, 0.5) is 0 Å². The lowest BCUT2D eigenvalue weighted by atomic mass is 9.84. The van der Waals surface area contributed by atoms with Crippen molar-refractivity contribution in [1.29, 1.82) is 0 Å². The number of esters is 2. The molecule has 2 aliphatic rings. The third-order valence-corrected chi connectivity index (χ3v) is 4.90. The molecule has 0 bridgehead atoms. The Labute approximate surface area is 139 Å². The number of aromatic nitrogens is 1. The van der Waals surface area contributed by atoms with Gasteiger partial charge in [-0.1, -0.05) is 13.0 Å². The van der Waals surface area contributed by atoms with Gasteiger partial charge in [-0.3, -0.25) is 0 Å². The van der Waals surface area contributed by atoms with E-state index in [2.05, 4.69) is 0 Å². The Morgan fingerprint density at radius 1 is 1.46 bits per heavy atom. The first kappa shape index (κ1) is 16.7. The van der Waals surface area contributed by atoms with Gasteiger partial charge >= 0.3 is 11.9 Å². The molecule has 0 aromatic carbocycles. The predicted octanol–water partition coefficient (Wildman–Crippen LogP) is 1.09. The highest BCUT2D eigenvalue weighted by Crippen LogP contribution is 2.39. The number of ether oxygens (including phenoxy) is 2. The van der Waals surface area contributed by atoms with Gasteiger partial charge in [0.2, 0.25) is 0 Å². The summed E-state index contributed by atoms with van der Waals surface area (Å²) in [5.41, 5.74) is -1.14. The van der Waals surface area contributed by atoms with Crippen molar-refractivity contribution < 1.29 is 29.3 Å². The fraction of sp³-hybridized carbons (Fsp3) is 0.529. The Morgan fingerprint density at radius 2 is 2.21 bits per heavy atom. The molecule has 3 atom stereocenters. The Morgan fingerprint density at radius 3 is 2.88 bits per heavy atom. The molecule has 0 radical (unpaired) electrons. The van der Waals surface area contributed by atoms with E-state index in [4.69, 9.17) is 9.47 Å². The molecule has 3 heterocycles. The lowest BCUT2D eigenvalue weighted by Crippen LogP contribution is -2.50. The number of aliphatic hydroxyl groups excluding tert-OH is 1. The summed E-state index contributed by atoms with van der Waals surface area (Å²) in [6.07, 6.45) is 3.55. The van der Waals surface area contributed by atoms with Crippen LogP contribution in [0.25, 0.3) is 0 Å². The van der Waals surface area contributed by atoms with Gasteiger partial charge in [0, 0.05) is 30.7 Å². The molecule has 3 rings (SSSR count). The first-order valence-electron chi connectivity index (χ1n) is 8.01. The van der Waals surface area contributed by atoms with E-state index in [0.29, 0.717) is 24.2 Å². The first-order valence-corrected chi connectivity index (χ1v) is 8.01. The van der Waals surface area contributed by atoms with Crippen molar-refractivity contribution in [3.05, 3.63) is 29.6 Å². The summed E-state index contributed by atoms with van der Waals surface area (Å²) in [6, 6.07) is 1.60. The van der Waals surface area contributed by atoms with Crippen LogP contribution in [0.1, 0.15) is 38.5 Å². The molecule has 2 N–H and O–H groups in total. The van der Waals surface area contributed by atoms with E-state index >= 15 is 0 Å². The second kappa shape index (κ2) is 6.07. The Hall–Kier alpha value is -2.12. The minimum absolute atomic E-state index is 0.0957. The first-order chi connectivity index (χ1) is 11.4. The van der Waals surface area contributed by atoms with Gasteiger partial charge in [-0.25, -0.2) is 9.59 Å². The van der Waals surface area contributed by atoms with Crippen LogP contribution in [0.2, 0.25) is 0 Å². The van der Waals surface area contributed by atoms with E-state index in [1.807, 2.05) is 4.57 Å². The molecule has 0 unspecified atom stereocenters. The summed E-state index contributed by atoms with van der Waals surface area (Å²) in [7, 11) is 0. The van der Waals surface area contributed by atoms with Gasteiger partial charge in [0.1, 0.15) is 11.8 Å². The molecular weight excluding hydrogens is 314 g/mol. The van der Waals surface area contributed by atoms with E-state index in [1.54, 1.807) is 32.2 Å². The number of rotatable bonds is 1. The van der Waals surface area contributed by atoms with Crippen molar-refractivity contribution in [1.82, 2.24) is 4.57 Å². The smallest absolute Gasteiger partial charge is 0.346 e. The van der Waals surface area contributed by atoms with Crippen LogP contribution in [-0.2, 0) is 20.9 Å². The van der Waals surface area contributed by atoms with E-state index in [-0.39, 0.29) is 12.2 Å². The zero-order valence-corrected chi connectivity index (χ0v) is 13.7. The average Bonchev–Trinajstić information content (AvgIpc) is 3.14. The Kier molecular flexibility index (Phi) is 4.23. The van der Waals surface area contributed by atoms with Crippen LogP contribution in [0.5, 0.6) is 5.75 Å². The Bertz CT molecular complexity index is 706. The van der Waals surface area contributed by atoms with Crippen molar-refractivity contribution in [2.24, 2.45) is 5.92 Å². The molecule has 7 nitrogen and oxygen atoms in total. The van der Waals surface area contributed by atoms with Gasteiger partial charge in [0.25, 0.3) is 0 Å². The number of hydrogen-bond donors (Lipinski definition) is 2. The molecule has 2 aliphatic heterocycles. The van der Waals surface area contributed by atoms with Crippen LogP contribution in [0, 0.1) is 5.92 Å². The molecule has 1 aromatic rings. The number of carbonyl (C=O) groups excluding carboxylic acids is 2. The zero-order valence-electron chi connectivity index (χ0n) is 13.7. The molecule has 1 aromatic heterocycles. The maximum absolute atomic E-state index is 12.5. The lowest BCUT2D eigenvalue weighted by molar-refractivity contribution is -0.166. The van der Waals surface area contributed by atoms with Crippen molar-refractivity contribution in [3.63, 3.8) is 0 Å². The second-order valence-electron chi connectivity index (χ2n) is 6.33. The second-order valence-corrected chi connectivity index (χ2v) is 6.33. The van der Waals surface area contributed by atoms with Gasteiger partial charge in [0.05, 0.1) is 6.61 Å². The zero-order chi connectivity index (χ0) is 17.5. The summed E-state index contributed by atoms with van der Waals surface area (Å²) >= 11 is 0. The fourth-order valence-electron chi connectivity index (χ4n) is 3.23. The number of nitrogens with zero attached hydrogens (tertiary/aromatic N) is 1. The molecule has 0 saturated heterocycles. The van der Waals surface area contributed by atoms with E-state index < -0.39 is 36.2 Å². The predicted molar refractivity (Wildman–Crippen MR) is 83.1 cm³/mol. The monoisotopic (exact) mass is 335 g/mol. The largest absolute Gasteiger partial charge is 0.452 e. The molecule has 0 spiro atoms. The van der Waals surface area contributed by atoms with Gasteiger partial charge in [-0.05, 0) is 19.4 Å². The summed E-state index contributed by atoms with van der Waals surface area (Å²) in [5.74, 6) is -1.89. The third kappa shape index (κ3) is 2.53. The summed E-state index contributed by atoms with van der Waals surface area (Å²) in [6.45, 7) is 3.14. The maximum Gasteiger partial charge on any atom is 0.346 e. The third-order valence-electron chi connectivity index (χ3n) is 4.90. The standard InChI is InChI=1S/C17H21NO6/c1-3-11-8-10(2)17(22,9-19)16(21)24-13-5-7-18-6-4-12(14(13)18)23-15(11)20/h3,5,7,10,12,19,22H,4,6,8-9H2,1-2H3/b11-3-/t10-,12-,17-/m1/s1. The highest BCUT2D eigenvalue weighted by atomic mass is 16.6. The average molecular weight is 335 g/mol. The summed E-state index contributed by atoms with van der Waals surface area (Å²) in [4.78, 5) is 25.0. The topological polar surface area (TPSA) is 98.0 Å². The maximum atomic E-state index is 12.5. The number of aryl methyl sites for hydroxylation is 1. The molecule has 0 saturated carbocycles. The highest BCUT2D eigenvalue weighted by Gasteiger charge is 2.45. The number of carbonyl (C=O) groups is 2. The van der Waals surface area contributed by atoms with Gasteiger partial charge in [-0.15, -0.1) is 0 Å². The highest BCUT2D eigenvalue weighted by molar-refractivity contribution is 5.89. The van der Waals surface area contributed by atoms with Gasteiger partial charge in [0.15, 0.2) is 11.4 Å². The summed E-state index contributed by atoms with van der Waals surface area (Å²) in [5, 5.41) is 20.2. The van der Waals surface area contributed by atoms with Crippen molar-refractivity contribution >= 4 is 11.9 Å². The van der Waals surface area contributed by atoms with Gasteiger partial charge < -0.3 is 24.3 Å². The molecule has 0 fully saturated rings. The van der Waals surface area contributed by atoms with Crippen molar-refractivity contribution in [3.8, 4) is 5.75 Å². The van der Waals surface area contributed by atoms with E-state index in [1.165, 1.54) is 0 Å². The van der Waals surface area contributed by atoms with Crippen molar-refractivity contribution in [2.75, 3.05) is 6.61 Å². The van der Waals surface area contributed by atoms with Gasteiger partial charge in [-0.2, -0.15) is 0 Å². The number of allylic oxidation sites excluding steroid dienone is 1. The van der Waals surface area contributed by atoms with Crippen LogP contribution in [0.3, 0.4) is 0 Å². The van der Waals surface area contributed by atoms with Crippen molar-refractivity contribution in [2.45, 2.75) is 44.9 Å². The van der Waals surface area contributed by atoms with Crippen LogP contribution in [-0.4, -0.2) is 38.9 Å². The molecule has 7 heteroatoms. The molecular formula is C17H21NO6. The fourth-order valence-corrected chi connectivity index (χ4v) is 3.23. The van der Waals surface area contributed by atoms with Crippen LogP contribution >= 0.6 is 0 Å². The minimum atomic E-state index is -2.10. The van der Waals surface area contributed by atoms with Crippen LogP contribution in [0.15, 0.2) is 23.9 Å².